The number of aromatic nitrogens is 1. The van der Waals surface area contributed by atoms with Gasteiger partial charge in [0, 0.05) is 24.4 Å². The van der Waals surface area contributed by atoms with E-state index in [0.29, 0.717) is 6.04 Å². The number of likely N-dealkylation sites (N-methyl/N-ethyl adjacent to an activating group) is 1. The highest BCUT2D eigenvalue weighted by Gasteiger charge is 2.15. The Hall–Kier alpha value is -1.15. The van der Waals surface area contributed by atoms with Gasteiger partial charge in [-0.15, -0.1) is 0 Å². The predicted octanol–water partition coefficient (Wildman–Crippen LogP) is 3.88. The average Bonchev–Trinajstić information content (AvgIpc) is 2.39. The topological polar surface area (TPSA) is 24.9 Å². The molecule has 1 aromatic rings. The van der Waals surface area contributed by atoms with E-state index in [1.165, 1.54) is 44.2 Å². The van der Waals surface area contributed by atoms with Crippen molar-refractivity contribution in [1.29, 1.82) is 0 Å². The second-order valence-corrected chi connectivity index (χ2v) is 5.37. The van der Waals surface area contributed by atoms with Crippen molar-refractivity contribution >= 4 is 0 Å². The van der Waals surface area contributed by atoms with Gasteiger partial charge in [0.15, 0.2) is 0 Å². The molecule has 0 bridgehead atoms. The van der Waals surface area contributed by atoms with Gasteiger partial charge in [-0.1, -0.05) is 37.5 Å². The zero-order chi connectivity index (χ0) is 13.3. The molecule has 1 aliphatic rings. The minimum atomic E-state index is 0.470. The summed E-state index contributed by atoms with van der Waals surface area (Å²) < 4.78 is 0. The maximum Gasteiger partial charge on any atom is 0.0422 e. The van der Waals surface area contributed by atoms with Crippen molar-refractivity contribution < 1.29 is 0 Å². The molecular weight excluding hydrogens is 232 g/mol. The molecule has 2 nitrogen and oxygen atoms in total. The lowest BCUT2D eigenvalue weighted by atomic mass is 9.92. The maximum absolute atomic E-state index is 4.47. The summed E-state index contributed by atoms with van der Waals surface area (Å²) in [5.74, 6) is 0. The van der Waals surface area contributed by atoms with Gasteiger partial charge in [-0.25, -0.2) is 0 Å². The summed E-state index contributed by atoms with van der Waals surface area (Å²) in [7, 11) is 0. The van der Waals surface area contributed by atoms with Crippen LogP contribution in [0, 0.1) is 0 Å². The van der Waals surface area contributed by atoms with E-state index in [9.17, 15) is 0 Å². The highest BCUT2D eigenvalue weighted by Crippen LogP contribution is 2.21. The largest absolute Gasteiger partial charge is 0.310 e. The van der Waals surface area contributed by atoms with Crippen LogP contribution >= 0.6 is 0 Å². The predicted molar refractivity (Wildman–Crippen MR) is 81.2 cm³/mol. The van der Waals surface area contributed by atoms with Crippen molar-refractivity contribution in [3.63, 3.8) is 0 Å². The molecule has 2 rings (SSSR count). The molecule has 0 radical (unpaired) electrons. The molecule has 1 aliphatic carbocycles. The van der Waals surface area contributed by atoms with Crippen molar-refractivity contribution in [3.05, 3.63) is 41.7 Å². The summed E-state index contributed by atoms with van der Waals surface area (Å²) in [5, 5.41) is 3.64. The summed E-state index contributed by atoms with van der Waals surface area (Å²) in [4.78, 5) is 4.47. The third-order valence-electron chi connectivity index (χ3n) is 3.86. The quantitative estimate of drug-likeness (QED) is 0.811. The molecule has 0 saturated heterocycles. The Morgan fingerprint density at radius 1 is 1.21 bits per heavy atom. The van der Waals surface area contributed by atoms with E-state index in [2.05, 4.69) is 35.4 Å². The number of allylic oxidation sites excluding steroid dienone is 1. The fourth-order valence-electron chi connectivity index (χ4n) is 2.84. The molecule has 19 heavy (non-hydrogen) atoms. The molecule has 1 aromatic heterocycles. The van der Waals surface area contributed by atoms with E-state index < -0.39 is 0 Å². The van der Waals surface area contributed by atoms with Gasteiger partial charge in [-0.3, -0.25) is 4.98 Å². The van der Waals surface area contributed by atoms with E-state index in [4.69, 9.17) is 0 Å². The van der Waals surface area contributed by atoms with Gasteiger partial charge in [0.05, 0.1) is 0 Å². The van der Waals surface area contributed by atoms with Crippen LogP contribution in [0.4, 0.5) is 0 Å². The Kier molecular flexibility index (Phi) is 6.09. The number of hydrogen-bond acceptors (Lipinski definition) is 2. The summed E-state index contributed by atoms with van der Waals surface area (Å²) in [6, 6.07) is 6.67. The molecule has 0 aliphatic heterocycles. The van der Waals surface area contributed by atoms with Gasteiger partial charge >= 0.3 is 0 Å². The van der Waals surface area contributed by atoms with Gasteiger partial charge in [-0.2, -0.15) is 0 Å². The number of nitrogens with zero attached hydrogens (tertiary/aromatic N) is 1. The highest BCUT2D eigenvalue weighted by molar-refractivity contribution is 5.16. The van der Waals surface area contributed by atoms with Gasteiger partial charge in [0.25, 0.3) is 0 Å². The van der Waals surface area contributed by atoms with Crippen LogP contribution in [0.25, 0.3) is 0 Å². The van der Waals surface area contributed by atoms with Gasteiger partial charge < -0.3 is 5.32 Å². The molecule has 1 unspecified atom stereocenters. The van der Waals surface area contributed by atoms with Gasteiger partial charge in [0.1, 0.15) is 0 Å². The number of nitrogens with one attached hydrogen (secondary N) is 1. The summed E-state index contributed by atoms with van der Waals surface area (Å²) >= 11 is 0. The Bertz CT molecular complexity index is 384. The zero-order valence-corrected chi connectivity index (χ0v) is 12.1. The van der Waals surface area contributed by atoms with E-state index in [-0.39, 0.29) is 0 Å². The molecule has 0 amide bonds. The maximum atomic E-state index is 4.47. The second kappa shape index (κ2) is 8.11. The molecule has 0 fully saturated rings. The van der Waals surface area contributed by atoms with Crippen molar-refractivity contribution in [2.45, 2.75) is 57.9 Å². The Morgan fingerprint density at radius 3 is 2.89 bits per heavy atom. The van der Waals surface area contributed by atoms with Crippen molar-refractivity contribution in [2.24, 2.45) is 0 Å². The van der Waals surface area contributed by atoms with Crippen LogP contribution in [0.15, 0.2) is 36.0 Å². The average molecular weight is 258 g/mol. The molecule has 0 aromatic carbocycles. The molecule has 104 valence electrons. The normalized spacial score (nSPS) is 21.0. The number of rotatable bonds is 5. The van der Waals surface area contributed by atoms with Crippen LogP contribution in [0.2, 0.25) is 0 Å². The lowest BCUT2D eigenvalue weighted by Crippen LogP contribution is -2.33. The van der Waals surface area contributed by atoms with Crippen LogP contribution in [-0.2, 0) is 6.42 Å². The zero-order valence-electron chi connectivity index (χ0n) is 12.1. The third kappa shape index (κ3) is 4.79. The lowest BCUT2D eigenvalue weighted by molar-refractivity contribution is 0.532. The van der Waals surface area contributed by atoms with Crippen LogP contribution < -0.4 is 5.32 Å². The standard InChI is InChI=1S/C17H26N2/c1-2-18-17(14-16-12-8-9-13-19-16)15-10-6-4-3-5-7-11-15/h8-10,12-13,17-18H,2-7,11,14H2,1H3/b15-10+. The third-order valence-corrected chi connectivity index (χ3v) is 3.86. The molecule has 1 atom stereocenters. The van der Waals surface area contributed by atoms with E-state index in [1.807, 2.05) is 12.3 Å². The molecular formula is C17H26N2. The summed E-state index contributed by atoms with van der Waals surface area (Å²) in [6.07, 6.45) is 13.4. The SMILES string of the molecule is CCNC(Cc1ccccn1)/C1=C/CCCCCC1. The molecule has 1 heterocycles. The van der Waals surface area contributed by atoms with Crippen molar-refractivity contribution in [3.8, 4) is 0 Å². The Morgan fingerprint density at radius 2 is 2.11 bits per heavy atom. The number of hydrogen-bond donors (Lipinski definition) is 1. The minimum Gasteiger partial charge on any atom is -0.310 e. The van der Waals surface area contributed by atoms with Crippen LogP contribution in [0.5, 0.6) is 0 Å². The van der Waals surface area contributed by atoms with E-state index >= 15 is 0 Å². The highest BCUT2D eigenvalue weighted by atomic mass is 14.9. The monoisotopic (exact) mass is 258 g/mol. The first-order valence-corrected chi connectivity index (χ1v) is 7.72. The van der Waals surface area contributed by atoms with Crippen LogP contribution in [0.3, 0.4) is 0 Å². The fraction of sp³-hybridized carbons (Fsp3) is 0.588. The molecule has 0 saturated carbocycles. The van der Waals surface area contributed by atoms with E-state index in [1.54, 1.807) is 5.57 Å². The molecule has 1 N–H and O–H groups in total. The lowest BCUT2D eigenvalue weighted by Gasteiger charge is -2.23. The number of pyridine rings is 1. The van der Waals surface area contributed by atoms with Crippen LogP contribution in [0.1, 0.15) is 51.1 Å². The second-order valence-electron chi connectivity index (χ2n) is 5.37. The van der Waals surface area contributed by atoms with Crippen molar-refractivity contribution in [2.75, 3.05) is 6.54 Å². The molecule has 2 heteroatoms. The first kappa shape index (κ1) is 14.3. The Labute approximate surface area is 117 Å². The van der Waals surface area contributed by atoms with Gasteiger partial charge in [-0.05, 0) is 44.4 Å². The van der Waals surface area contributed by atoms with Gasteiger partial charge in [0.2, 0.25) is 0 Å². The summed E-state index contributed by atoms with van der Waals surface area (Å²) in [5.41, 5.74) is 2.80. The van der Waals surface area contributed by atoms with Crippen molar-refractivity contribution in [1.82, 2.24) is 10.3 Å². The fourth-order valence-corrected chi connectivity index (χ4v) is 2.84. The first-order valence-electron chi connectivity index (χ1n) is 7.72. The minimum absolute atomic E-state index is 0.470. The molecule has 0 spiro atoms. The van der Waals surface area contributed by atoms with Crippen LogP contribution in [-0.4, -0.2) is 17.6 Å². The Balaban J connectivity index is 2.05. The van der Waals surface area contributed by atoms with E-state index in [0.717, 1.165) is 13.0 Å². The summed E-state index contributed by atoms with van der Waals surface area (Å²) in [6.45, 7) is 3.21. The first-order chi connectivity index (χ1) is 9.40. The smallest absolute Gasteiger partial charge is 0.0422 e.